The summed E-state index contributed by atoms with van der Waals surface area (Å²) < 4.78 is 7.09. The number of methoxy groups -OCH3 is 1. The van der Waals surface area contributed by atoms with Gasteiger partial charge < -0.3 is 9.64 Å². The Hall–Kier alpha value is -4.10. The van der Waals surface area contributed by atoms with Gasteiger partial charge >= 0.3 is 0 Å². The molecule has 7 nitrogen and oxygen atoms in total. The van der Waals surface area contributed by atoms with Crippen molar-refractivity contribution >= 4 is 29.4 Å². The highest BCUT2D eigenvalue weighted by molar-refractivity contribution is 6.30. The van der Waals surface area contributed by atoms with Gasteiger partial charge in [0, 0.05) is 35.4 Å². The van der Waals surface area contributed by atoms with Crippen molar-refractivity contribution in [3.63, 3.8) is 0 Å². The maximum absolute atomic E-state index is 13.3. The number of carbonyl (C=O) groups excluding carboxylic acids is 2. The molecule has 3 aromatic carbocycles. The van der Waals surface area contributed by atoms with Crippen LogP contribution >= 0.6 is 11.6 Å². The molecular formula is C30H31ClN4O3. The molecule has 4 aromatic rings. The Kier molecular flexibility index (Phi) is 8.81. The maximum atomic E-state index is 13.3. The van der Waals surface area contributed by atoms with Gasteiger partial charge in [-0.2, -0.15) is 0 Å². The van der Waals surface area contributed by atoms with Gasteiger partial charge in [0.1, 0.15) is 12.3 Å². The van der Waals surface area contributed by atoms with Crippen LogP contribution in [0.3, 0.4) is 0 Å². The number of ether oxygens (including phenoxy) is 1. The standard InChI is InChI=1S/C30H31ClN4O3/c1-21(2)17-29(37)34(18-22-7-5-4-6-8-22)20-28(36)33-30-32-27(23-9-11-24(31)12-10-23)19-35(30)25-13-15-26(38-3)16-14-25/h4-16,19,21H,17-18,20H2,1-3H3,(H,32,33,36). The summed E-state index contributed by atoms with van der Waals surface area (Å²) in [5, 5.41) is 3.55. The van der Waals surface area contributed by atoms with Crippen molar-refractivity contribution in [2.75, 3.05) is 19.0 Å². The number of amides is 2. The smallest absolute Gasteiger partial charge is 0.246 e. The first kappa shape index (κ1) is 26.9. The number of hydrogen-bond donors (Lipinski definition) is 1. The Labute approximate surface area is 228 Å². The molecule has 4 rings (SSSR count). The van der Waals surface area contributed by atoms with Gasteiger partial charge in [0.05, 0.1) is 12.8 Å². The zero-order valence-electron chi connectivity index (χ0n) is 21.7. The third-order valence-electron chi connectivity index (χ3n) is 5.93. The van der Waals surface area contributed by atoms with E-state index in [1.165, 1.54) is 0 Å². The highest BCUT2D eigenvalue weighted by atomic mass is 35.5. The molecule has 8 heteroatoms. The Bertz CT molecular complexity index is 1370. The minimum Gasteiger partial charge on any atom is -0.497 e. The van der Waals surface area contributed by atoms with Crippen molar-refractivity contribution < 1.29 is 14.3 Å². The van der Waals surface area contributed by atoms with Gasteiger partial charge in [0.25, 0.3) is 0 Å². The van der Waals surface area contributed by atoms with Gasteiger partial charge in [-0.05, 0) is 47.9 Å². The highest BCUT2D eigenvalue weighted by Gasteiger charge is 2.21. The van der Waals surface area contributed by atoms with Crippen LogP contribution in [0.4, 0.5) is 5.95 Å². The van der Waals surface area contributed by atoms with Crippen molar-refractivity contribution in [1.82, 2.24) is 14.5 Å². The van der Waals surface area contributed by atoms with Crippen LogP contribution in [0.1, 0.15) is 25.8 Å². The Morgan fingerprint density at radius 1 is 1.00 bits per heavy atom. The summed E-state index contributed by atoms with van der Waals surface area (Å²) in [5.74, 6) is 0.846. The summed E-state index contributed by atoms with van der Waals surface area (Å²) in [6.07, 6.45) is 2.22. The summed E-state index contributed by atoms with van der Waals surface area (Å²) >= 11 is 6.07. The number of rotatable bonds is 10. The summed E-state index contributed by atoms with van der Waals surface area (Å²) in [6.45, 7) is 4.24. The van der Waals surface area contributed by atoms with E-state index in [9.17, 15) is 9.59 Å². The SMILES string of the molecule is COc1ccc(-n2cc(-c3ccc(Cl)cc3)nc2NC(=O)CN(Cc2ccccc2)C(=O)CC(C)C)cc1. The molecule has 1 N–H and O–H groups in total. The van der Waals surface area contributed by atoms with Crippen molar-refractivity contribution in [1.29, 1.82) is 0 Å². The number of anilines is 1. The minimum absolute atomic E-state index is 0.0700. The van der Waals surface area contributed by atoms with Gasteiger partial charge in [-0.1, -0.05) is 67.9 Å². The van der Waals surface area contributed by atoms with E-state index in [4.69, 9.17) is 21.3 Å². The molecule has 1 aromatic heterocycles. The first-order valence-corrected chi connectivity index (χ1v) is 12.8. The summed E-state index contributed by atoms with van der Waals surface area (Å²) in [4.78, 5) is 32.6. The monoisotopic (exact) mass is 530 g/mol. The van der Waals surface area contributed by atoms with E-state index < -0.39 is 0 Å². The number of imidazole rings is 1. The van der Waals surface area contributed by atoms with E-state index in [2.05, 4.69) is 5.32 Å². The van der Waals surface area contributed by atoms with Crippen LogP contribution in [0.25, 0.3) is 16.9 Å². The second-order valence-corrected chi connectivity index (χ2v) is 9.84. The van der Waals surface area contributed by atoms with Crippen molar-refractivity contribution in [2.24, 2.45) is 5.92 Å². The lowest BCUT2D eigenvalue weighted by Gasteiger charge is -2.23. The van der Waals surface area contributed by atoms with Gasteiger partial charge in [-0.3, -0.25) is 19.5 Å². The van der Waals surface area contributed by atoms with E-state index in [1.807, 2.05) is 86.8 Å². The lowest BCUT2D eigenvalue weighted by Crippen LogP contribution is -2.38. The first-order chi connectivity index (χ1) is 18.3. The van der Waals surface area contributed by atoms with Crippen molar-refractivity contribution in [3.05, 3.63) is 95.6 Å². The van der Waals surface area contributed by atoms with E-state index in [1.54, 1.807) is 28.7 Å². The Morgan fingerprint density at radius 3 is 2.32 bits per heavy atom. The van der Waals surface area contributed by atoms with Crippen LogP contribution in [-0.2, 0) is 16.1 Å². The molecular weight excluding hydrogens is 500 g/mol. The molecule has 0 atom stereocenters. The van der Waals surface area contributed by atoms with Gasteiger partial charge in [-0.25, -0.2) is 4.98 Å². The van der Waals surface area contributed by atoms with Crippen LogP contribution in [0.5, 0.6) is 5.75 Å². The minimum atomic E-state index is -0.332. The van der Waals surface area contributed by atoms with Gasteiger partial charge in [0.15, 0.2) is 0 Å². The van der Waals surface area contributed by atoms with E-state index >= 15 is 0 Å². The van der Waals surface area contributed by atoms with Crippen LogP contribution in [0.15, 0.2) is 85.1 Å². The predicted molar refractivity (Wildman–Crippen MR) is 151 cm³/mol. The van der Waals surface area contributed by atoms with Crippen LogP contribution in [0, 0.1) is 5.92 Å². The maximum Gasteiger partial charge on any atom is 0.246 e. The molecule has 0 fully saturated rings. The van der Waals surface area contributed by atoms with Crippen LogP contribution in [0.2, 0.25) is 5.02 Å². The average Bonchev–Trinajstić information content (AvgIpc) is 3.32. The third-order valence-corrected chi connectivity index (χ3v) is 6.19. The second-order valence-electron chi connectivity index (χ2n) is 9.41. The second kappa shape index (κ2) is 12.4. The summed E-state index contributed by atoms with van der Waals surface area (Å²) in [6, 6.07) is 24.5. The van der Waals surface area contributed by atoms with Crippen LogP contribution in [-0.4, -0.2) is 39.9 Å². The predicted octanol–water partition coefficient (Wildman–Crippen LogP) is 6.21. The van der Waals surface area contributed by atoms with Gasteiger partial charge in [0.2, 0.25) is 17.8 Å². The molecule has 0 radical (unpaired) electrons. The van der Waals surface area contributed by atoms with Crippen LogP contribution < -0.4 is 10.1 Å². The first-order valence-electron chi connectivity index (χ1n) is 12.4. The average molecular weight is 531 g/mol. The number of benzene rings is 3. The van der Waals surface area contributed by atoms with E-state index in [0.717, 1.165) is 22.6 Å². The Morgan fingerprint density at radius 2 is 1.68 bits per heavy atom. The molecule has 0 bridgehead atoms. The molecule has 196 valence electrons. The molecule has 0 spiro atoms. The lowest BCUT2D eigenvalue weighted by atomic mass is 10.1. The zero-order chi connectivity index (χ0) is 27.1. The molecule has 0 unspecified atom stereocenters. The molecule has 0 aliphatic heterocycles. The summed E-state index contributed by atoms with van der Waals surface area (Å²) in [5.41, 5.74) is 3.28. The normalized spacial score (nSPS) is 10.9. The highest BCUT2D eigenvalue weighted by Crippen LogP contribution is 2.26. The quantitative estimate of drug-likeness (QED) is 0.264. The molecule has 0 saturated heterocycles. The van der Waals surface area contributed by atoms with Crippen molar-refractivity contribution in [3.8, 4) is 22.7 Å². The third kappa shape index (κ3) is 7.01. The fraction of sp³-hybridized carbons (Fsp3) is 0.233. The number of nitrogens with one attached hydrogen (secondary N) is 1. The molecule has 1 heterocycles. The molecule has 0 saturated carbocycles. The molecule has 38 heavy (non-hydrogen) atoms. The van der Waals surface area contributed by atoms with E-state index in [0.29, 0.717) is 29.6 Å². The zero-order valence-corrected chi connectivity index (χ0v) is 22.5. The fourth-order valence-corrected chi connectivity index (χ4v) is 4.15. The number of aromatic nitrogens is 2. The van der Waals surface area contributed by atoms with Crippen molar-refractivity contribution in [2.45, 2.75) is 26.8 Å². The number of halogens is 1. The fourth-order valence-electron chi connectivity index (χ4n) is 4.02. The number of hydrogen-bond acceptors (Lipinski definition) is 4. The molecule has 0 aliphatic carbocycles. The number of nitrogens with zero attached hydrogens (tertiary/aromatic N) is 3. The topological polar surface area (TPSA) is 76.5 Å². The molecule has 0 aliphatic rings. The molecule has 2 amide bonds. The largest absolute Gasteiger partial charge is 0.497 e. The lowest BCUT2D eigenvalue weighted by molar-refractivity contribution is -0.136. The van der Waals surface area contributed by atoms with Gasteiger partial charge in [-0.15, -0.1) is 0 Å². The van der Waals surface area contributed by atoms with E-state index in [-0.39, 0.29) is 24.3 Å². The Balaban J connectivity index is 1.61. The summed E-state index contributed by atoms with van der Waals surface area (Å²) in [7, 11) is 1.61. The number of carbonyl (C=O) groups is 2.